The standard InChI is InChI=1S/C23H27N3O6/c1-6-11-25-16-9-7-8-10-17(16)26(23(25)30)12-18(27)32-15(4)21(28)20-13(2)19(14(3)24-20)22(29)31-5/h7-10,15,24H,6,11-12H2,1-5H3. The highest BCUT2D eigenvalue weighted by atomic mass is 16.5. The number of para-hydroxylation sites is 2. The fourth-order valence-electron chi connectivity index (χ4n) is 3.89. The van der Waals surface area contributed by atoms with Crippen LogP contribution in [0.4, 0.5) is 0 Å². The summed E-state index contributed by atoms with van der Waals surface area (Å²) in [5, 5.41) is 0. The minimum atomic E-state index is -1.11. The second-order valence-electron chi connectivity index (χ2n) is 7.62. The number of rotatable bonds is 8. The van der Waals surface area contributed by atoms with E-state index in [0.29, 0.717) is 23.3 Å². The monoisotopic (exact) mass is 441 g/mol. The van der Waals surface area contributed by atoms with E-state index in [-0.39, 0.29) is 23.5 Å². The number of carbonyl (C=O) groups is 3. The van der Waals surface area contributed by atoms with E-state index in [1.807, 2.05) is 19.1 Å². The highest BCUT2D eigenvalue weighted by Crippen LogP contribution is 2.21. The lowest BCUT2D eigenvalue weighted by Gasteiger charge is -2.12. The maximum atomic E-state index is 12.9. The van der Waals surface area contributed by atoms with Crippen LogP contribution in [0, 0.1) is 13.8 Å². The number of carbonyl (C=O) groups excluding carboxylic acids is 3. The van der Waals surface area contributed by atoms with E-state index in [1.165, 1.54) is 18.6 Å². The summed E-state index contributed by atoms with van der Waals surface area (Å²) in [5.41, 5.74) is 2.45. The van der Waals surface area contributed by atoms with Crippen LogP contribution in [-0.4, -0.2) is 45.1 Å². The highest BCUT2D eigenvalue weighted by Gasteiger charge is 2.27. The molecule has 0 aliphatic rings. The fraction of sp³-hybridized carbons (Fsp3) is 0.391. The molecule has 0 aliphatic heterocycles. The number of H-pyrrole nitrogens is 1. The molecule has 1 N–H and O–H groups in total. The number of benzene rings is 1. The number of ether oxygens (including phenoxy) is 2. The molecule has 3 rings (SSSR count). The molecule has 9 nitrogen and oxygen atoms in total. The van der Waals surface area contributed by atoms with E-state index < -0.39 is 23.8 Å². The number of hydrogen-bond acceptors (Lipinski definition) is 6. The van der Waals surface area contributed by atoms with E-state index in [2.05, 4.69) is 4.98 Å². The first-order valence-corrected chi connectivity index (χ1v) is 10.4. The molecular formula is C23H27N3O6. The second kappa shape index (κ2) is 9.25. The lowest BCUT2D eigenvalue weighted by molar-refractivity contribution is -0.147. The summed E-state index contributed by atoms with van der Waals surface area (Å²) >= 11 is 0. The SMILES string of the molecule is CCCn1c(=O)n(CC(=O)OC(C)C(=O)c2[nH]c(C)c(C(=O)OC)c2C)c2ccccc21. The smallest absolute Gasteiger partial charge is 0.339 e. The molecule has 0 saturated heterocycles. The van der Waals surface area contributed by atoms with Gasteiger partial charge in [-0.15, -0.1) is 0 Å². The molecule has 0 radical (unpaired) electrons. The van der Waals surface area contributed by atoms with Crippen molar-refractivity contribution >= 4 is 28.8 Å². The Labute approximate surface area is 184 Å². The van der Waals surface area contributed by atoms with Crippen LogP contribution in [0.2, 0.25) is 0 Å². The summed E-state index contributed by atoms with van der Waals surface area (Å²) in [6.45, 7) is 6.92. The van der Waals surface area contributed by atoms with Gasteiger partial charge < -0.3 is 14.5 Å². The zero-order valence-corrected chi connectivity index (χ0v) is 18.9. The minimum Gasteiger partial charge on any atom is -0.465 e. The molecule has 2 aromatic heterocycles. The Morgan fingerprint density at radius 2 is 1.72 bits per heavy atom. The van der Waals surface area contributed by atoms with Crippen molar-refractivity contribution in [3.63, 3.8) is 0 Å². The average molecular weight is 441 g/mol. The molecule has 0 spiro atoms. The molecule has 1 atom stereocenters. The number of aromatic nitrogens is 3. The fourth-order valence-corrected chi connectivity index (χ4v) is 3.89. The molecule has 0 bridgehead atoms. The number of methoxy groups -OCH3 is 1. The third kappa shape index (κ3) is 4.10. The van der Waals surface area contributed by atoms with Crippen LogP contribution in [0.1, 0.15) is 52.4 Å². The lowest BCUT2D eigenvalue weighted by atomic mass is 10.1. The minimum absolute atomic E-state index is 0.180. The van der Waals surface area contributed by atoms with Crippen LogP contribution in [0.15, 0.2) is 29.1 Å². The summed E-state index contributed by atoms with van der Waals surface area (Å²) in [7, 11) is 1.26. The van der Waals surface area contributed by atoms with E-state index in [0.717, 1.165) is 11.9 Å². The van der Waals surface area contributed by atoms with E-state index in [4.69, 9.17) is 9.47 Å². The molecule has 1 aromatic carbocycles. The van der Waals surface area contributed by atoms with Crippen LogP contribution in [0.5, 0.6) is 0 Å². The number of imidazole rings is 1. The van der Waals surface area contributed by atoms with Gasteiger partial charge in [-0.3, -0.25) is 18.7 Å². The third-order valence-electron chi connectivity index (χ3n) is 5.41. The van der Waals surface area contributed by atoms with Crippen LogP contribution >= 0.6 is 0 Å². The van der Waals surface area contributed by atoms with Crippen LogP contribution in [0.3, 0.4) is 0 Å². The normalized spacial score (nSPS) is 12.0. The first-order chi connectivity index (χ1) is 15.2. The van der Waals surface area contributed by atoms with Gasteiger partial charge in [0.15, 0.2) is 6.10 Å². The molecule has 9 heteroatoms. The van der Waals surface area contributed by atoms with Gasteiger partial charge in [-0.1, -0.05) is 19.1 Å². The van der Waals surface area contributed by atoms with Gasteiger partial charge in [-0.2, -0.15) is 0 Å². The molecule has 0 amide bonds. The van der Waals surface area contributed by atoms with E-state index >= 15 is 0 Å². The van der Waals surface area contributed by atoms with Gasteiger partial charge >= 0.3 is 17.6 Å². The zero-order valence-electron chi connectivity index (χ0n) is 18.9. The first-order valence-electron chi connectivity index (χ1n) is 10.4. The molecule has 0 aliphatic carbocycles. The van der Waals surface area contributed by atoms with Gasteiger partial charge in [0.1, 0.15) is 6.54 Å². The zero-order chi connectivity index (χ0) is 23.6. The van der Waals surface area contributed by atoms with Gasteiger partial charge in [-0.05, 0) is 44.9 Å². The number of ketones is 1. The van der Waals surface area contributed by atoms with Crippen LogP contribution in [0.25, 0.3) is 11.0 Å². The number of nitrogens with one attached hydrogen (secondary N) is 1. The Kier molecular flexibility index (Phi) is 6.67. The lowest BCUT2D eigenvalue weighted by Crippen LogP contribution is -2.31. The van der Waals surface area contributed by atoms with Crippen molar-refractivity contribution < 1.29 is 23.9 Å². The maximum Gasteiger partial charge on any atom is 0.339 e. The number of fused-ring (bicyclic) bond motifs is 1. The number of aromatic amines is 1. The Morgan fingerprint density at radius 1 is 1.09 bits per heavy atom. The molecular weight excluding hydrogens is 414 g/mol. The number of hydrogen-bond donors (Lipinski definition) is 1. The van der Waals surface area contributed by atoms with Gasteiger partial charge in [-0.25, -0.2) is 9.59 Å². The maximum absolute atomic E-state index is 12.9. The van der Waals surface area contributed by atoms with Crippen molar-refractivity contribution in [1.82, 2.24) is 14.1 Å². The first kappa shape index (κ1) is 23.1. The molecule has 0 saturated carbocycles. The molecule has 32 heavy (non-hydrogen) atoms. The van der Waals surface area contributed by atoms with E-state index in [1.54, 1.807) is 30.5 Å². The summed E-state index contributed by atoms with van der Waals surface area (Å²) in [5.74, 6) is -1.74. The largest absolute Gasteiger partial charge is 0.465 e. The predicted molar refractivity (Wildman–Crippen MR) is 118 cm³/mol. The summed E-state index contributed by atoms with van der Waals surface area (Å²) in [6, 6.07) is 7.22. The van der Waals surface area contributed by atoms with Crippen molar-refractivity contribution in [2.75, 3.05) is 7.11 Å². The molecule has 170 valence electrons. The summed E-state index contributed by atoms with van der Waals surface area (Å²) in [6.07, 6.45) is -0.337. The van der Waals surface area contributed by atoms with Gasteiger partial charge in [0.25, 0.3) is 0 Å². The molecule has 0 fully saturated rings. The molecule has 3 aromatic rings. The molecule has 2 heterocycles. The Morgan fingerprint density at radius 3 is 2.31 bits per heavy atom. The van der Waals surface area contributed by atoms with Crippen LogP contribution < -0.4 is 5.69 Å². The highest BCUT2D eigenvalue weighted by molar-refractivity contribution is 6.04. The second-order valence-corrected chi connectivity index (χ2v) is 7.62. The van der Waals surface area contributed by atoms with Crippen molar-refractivity contribution in [1.29, 1.82) is 0 Å². The van der Waals surface area contributed by atoms with Crippen LogP contribution in [-0.2, 0) is 27.4 Å². The van der Waals surface area contributed by atoms with Crippen molar-refractivity contribution in [2.24, 2.45) is 0 Å². The Bertz CT molecular complexity index is 1250. The van der Waals surface area contributed by atoms with Crippen molar-refractivity contribution in [2.45, 2.75) is 53.3 Å². The number of aryl methyl sites for hydroxylation is 2. The molecule has 1 unspecified atom stereocenters. The summed E-state index contributed by atoms with van der Waals surface area (Å²) < 4.78 is 13.1. The number of esters is 2. The summed E-state index contributed by atoms with van der Waals surface area (Å²) in [4.78, 5) is 53.1. The number of nitrogens with zero attached hydrogens (tertiary/aromatic N) is 2. The predicted octanol–water partition coefficient (Wildman–Crippen LogP) is 2.76. The third-order valence-corrected chi connectivity index (χ3v) is 5.41. The topological polar surface area (TPSA) is 112 Å². The van der Waals surface area contributed by atoms with Gasteiger partial charge in [0, 0.05) is 12.2 Å². The van der Waals surface area contributed by atoms with Crippen molar-refractivity contribution in [3.8, 4) is 0 Å². The Balaban J connectivity index is 1.81. The number of Topliss-reactive ketones (excluding diaryl/α,β-unsaturated/α-hetero) is 1. The van der Waals surface area contributed by atoms with Crippen molar-refractivity contribution in [3.05, 3.63) is 57.3 Å². The quantitative estimate of drug-likeness (QED) is 0.425. The van der Waals surface area contributed by atoms with Gasteiger partial charge in [0.2, 0.25) is 5.78 Å². The van der Waals surface area contributed by atoms with Gasteiger partial charge in [0.05, 0.1) is 29.4 Å². The Hall–Kier alpha value is -3.62. The van der Waals surface area contributed by atoms with E-state index in [9.17, 15) is 19.2 Å². The average Bonchev–Trinajstić information content (AvgIpc) is 3.21.